The molecular weight excluding hydrogens is 270 g/mol. The highest BCUT2D eigenvalue weighted by Gasteiger charge is 2.26. The second-order valence-corrected chi connectivity index (χ2v) is 7.78. The maximum absolute atomic E-state index is 12.4. The Morgan fingerprint density at radius 2 is 2.06 bits per heavy atom. The topological polar surface area (TPSA) is 57.6 Å². The number of rotatable bonds is 6. The van der Waals surface area contributed by atoms with E-state index in [1.807, 2.05) is 0 Å². The molecule has 1 aromatic heterocycles. The summed E-state index contributed by atoms with van der Waals surface area (Å²) in [6, 6.07) is 0. The van der Waals surface area contributed by atoms with Crippen molar-refractivity contribution in [3.8, 4) is 0 Å². The van der Waals surface area contributed by atoms with E-state index in [-0.39, 0.29) is 11.5 Å². The van der Waals surface area contributed by atoms with Gasteiger partial charge in [0.05, 0.1) is 11.5 Å². The van der Waals surface area contributed by atoms with Gasteiger partial charge in [0.15, 0.2) is 0 Å². The fourth-order valence-corrected chi connectivity index (χ4v) is 4.45. The van der Waals surface area contributed by atoms with E-state index < -0.39 is 10.0 Å². The normalized spacial score (nSPS) is 12.6. The molecule has 0 aliphatic heterocycles. The van der Waals surface area contributed by atoms with E-state index >= 15 is 0 Å². The fraction of sp³-hybridized carbons (Fsp3) is 0.667. The van der Waals surface area contributed by atoms with Crippen LogP contribution in [0.25, 0.3) is 0 Å². The van der Waals surface area contributed by atoms with Crippen LogP contribution in [0.1, 0.15) is 30.7 Å². The zero-order valence-corrected chi connectivity index (χ0v) is 12.9. The van der Waals surface area contributed by atoms with E-state index in [0.29, 0.717) is 22.9 Å². The van der Waals surface area contributed by atoms with Gasteiger partial charge >= 0.3 is 0 Å². The van der Waals surface area contributed by atoms with Crippen LogP contribution in [0.15, 0.2) is 10.3 Å². The Labute approximate surface area is 113 Å². The monoisotopic (exact) mass is 291 g/mol. The molecule has 0 fully saturated rings. The summed E-state index contributed by atoms with van der Waals surface area (Å²) in [5, 5.41) is 11.0. The molecule has 0 aliphatic rings. The third kappa shape index (κ3) is 3.32. The number of aliphatic hydroxyl groups excluding tert-OH is 1. The third-order valence-electron chi connectivity index (χ3n) is 2.82. The molecule has 6 heteroatoms. The number of hydrogen-bond donors (Lipinski definition) is 1. The van der Waals surface area contributed by atoms with Crippen LogP contribution in [0.3, 0.4) is 0 Å². The van der Waals surface area contributed by atoms with Crippen molar-refractivity contribution >= 4 is 21.4 Å². The molecule has 0 aliphatic carbocycles. The van der Waals surface area contributed by atoms with Crippen molar-refractivity contribution in [2.75, 3.05) is 13.6 Å². The molecule has 0 unspecified atom stereocenters. The molecule has 1 aromatic rings. The van der Waals surface area contributed by atoms with Crippen molar-refractivity contribution in [2.24, 2.45) is 5.92 Å². The Bertz CT molecular complexity index is 491. The molecule has 0 radical (unpaired) electrons. The van der Waals surface area contributed by atoms with Gasteiger partial charge in [-0.25, -0.2) is 12.7 Å². The van der Waals surface area contributed by atoms with Crippen LogP contribution in [0.5, 0.6) is 0 Å². The van der Waals surface area contributed by atoms with Gasteiger partial charge in [-0.1, -0.05) is 13.8 Å². The molecule has 0 saturated carbocycles. The summed E-state index contributed by atoms with van der Waals surface area (Å²) in [6.45, 7) is 6.16. The molecule has 0 bridgehead atoms. The van der Waals surface area contributed by atoms with Crippen molar-refractivity contribution in [3.05, 3.63) is 15.8 Å². The van der Waals surface area contributed by atoms with Gasteiger partial charge in [0.25, 0.3) is 0 Å². The third-order valence-corrected chi connectivity index (χ3v) is 6.13. The zero-order chi connectivity index (χ0) is 13.9. The van der Waals surface area contributed by atoms with Crippen molar-refractivity contribution in [3.63, 3.8) is 0 Å². The van der Waals surface area contributed by atoms with Crippen LogP contribution >= 0.6 is 11.3 Å². The van der Waals surface area contributed by atoms with Crippen LogP contribution in [0, 0.1) is 12.8 Å². The summed E-state index contributed by atoms with van der Waals surface area (Å²) in [4.78, 5) is 0.796. The molecule has 1 rings (SSSR count). The number of sulfonamides is 1. The van der Waals surface area contributed by atoms with Crippen molar-refractivity contribution < 1.29 is 13.5 Å². The maximum Gasteiger partial charge on any atom is 0.244 e. The van der Waals surface area contributed by atoms with Gasteiger partial charge in [-0.3, -0.25) is 0 Å². The lowest BCUT2D eigenvalue weighted by Crippen LogP contribution is -2.29. The summed E-state index contributed by atoms with van der Waals surface area (Å²) in [5.41, 5.74) is 0.709. The molecule has 104 valence electrons. The summed E-state index contributed by atoms with van der Waals surface area (Å²) >= 11 is 1.29. The average molecular weight is 291 g/mol. The minimum Gasteiger partial charge on any atom is -0.391 e. The van der Waals surface area contributed by atoms with Gasteiger partial charge in [0.2, 0.25) is 10.0 Å². The van der Waals surface area contributed by atoms with Crippen LogP contribution in [-0.2, 0) is 16.6 Å². The Hall–Kier alpha value is -0.430. The van der Waals surface area contributed by atoms with Crippen molar-refractivity contribution in [1.82, 2.24) is 4.31 Å². The van der Waals surface area contributed by atoms with Crippen LogP contribution in [0.2, 0.25) is 0 Å². The largest absolute Gasteiger partial charge is 0.391 e. The molecule has 1 N–H and O–H groups in total. The average Bonchev–Trinajstić information content (AvgIpc) is 2.67. The van der Waals surface area contributed by atoms with Crippen molar-refractivity contribution in [2.45, 2.75) is 38.7 Å². The van der Waals surface area contributed by atoms with E-state index in [4.69, 9.17) is 0 Å². The molecule has 18 heavy (non-hydrogen) atoms. The molecule has 1 heterocycles. The summed E-state index contributed by atoms with van der Waals surface area (Å²) in [5.74, 6) is 0.462. The standard InChI is InChI=1S/C12H21NO3S2/c1-9(2)5-6-13(4)18(15,16)12-10(3)8-17-11(12)7-14/h8-9,14H,5-7H2,1-4H3. The van der Waals surface area contributed by atoms with Gasteiger partial charge in [-0.15, -0.1) is 11.3 Å². The molecule has 4 nitrogen and oxygen atoms in total. The van der Waals surface area contributed by atoms with Gasteiger partial charge < -0.3 is 5.11 Å². The van der Waals surface area contributed by atoms with E-state index in [1.54, 1.807) is 19.4 Å². The summed E-state index contributed by atoms with van der Waals surface area (Å²) in [6.07, 6.45) is 0.827. The minimum absolute atomic E-state index is 0.231. The smallest absolute Gasteiger partial charge is 0.244 e. The lowest BCUT2D eigenvalue weighted by molar-refractivity contribution is 0.282. The fourth-order valence-electron chi connectivity index (χ4n) is 1.66. The van der Waals surface area contributed by atoms with E-state index in [0.717, 1.165) is 6.42 Å². The Morgan fingerprint density at radius 3 is 2.56 bits per heavy atom. The Balaban J connectivity index is 3.02. The lowest BCUT2D eigenvalue weighted by Gasteiger charge is -2.19. The molecule has 0 aromatic carbocycles. The minimum atomic E-state index is -3.48. The van der Waals surface area contributed by atoms with Crippen LogP contribution < -0.4 is 0 Å². The number of aryl methyl sites for hydroxylation is 1. The van der Waals surface area contributed by atoms with Gasteiger partial charge in [0, 0.05) is 13.6 Å². The number of aliphatic hydroxyl groups is 1. The predicted molar refractivity (Wildman–Crippen MR) is 74.2 cm³/mol. The molecular formula is C12H21NO3S2. The SMILES string of the molecule is Cc1csc(CO)c1S(=O)(=O)N(C)CCC(C)C. The van der Waals surface area contributed by atoms with Gasteiger partial charge in [0.1, 0.15) is 4.90 Å². The summed E-state index contributed by atoms with van der Waals surface area (Å²) in [7, 11) is -1.89. The number of hydrogen-bond acceptors (Lipinski definition) is 4. The second kappa shape index (κ2) is 6.14. The lowest BCUT2D eigenvalue weighted by atomic mass is 10.1. The first-order chi connectivity index (χ1) is 8.30. The predicted octanol–water partition coefficient (Wildman–Crippen LogP) is 2.22. The highest BCUT2D eigenvalue weighted by Crippen LogP contribution is 2.29. The van der Waals surface area contributed by atoms with E-state index in [2.05, 4.69) is 13.8 Å². The van der Waals surface area contributed by atoms with Crippen LogP contribution in [0.4, 0.5) is 0 Å². The van der Waals surface area contributed by atoms with Crippen molar-refractivity contribution in [1.29, 1.82) is 0 Å². The maximum atomic E-state index is 12.4. The highest BCUT2D eigenvalue weighted by atomic mass is 32.2. The first-order valence-electron chi connectivity index (χ1n) is 5.94. The number of nitrogens with zero attached hydrogens (tertiary/aromatic N) is 1. The highest BCUT2D eigenvalue weighted by molar-refractivity contribution is 7.89. The number of thiophene rings is 1. The molecule has 0 saturated heterocycles. The first kappa shape index (κ1) is 15.6. The second-order valence-electron chi connectivity index (χ2n) is 4.84. The zero-order valence-electron chi connectivity index (χ0n) is 11.3. The first-order valence-corrected chi connectivity index (χ1v) is 8.26. The van der Waals surface area contributed by atoms with Gasteiger partial charge in [-0.05, 0) is 30.2 Å². The quantitative estimate of drug-likeness (QED) is 0.874. The Morgan fingerprint density at radius 1 is 1.44 bits per heavy atom. The molecule has 0 spiro atoms. The molecule has 0 amide bonds. The van der Waals surface area contributed by atoms with Crippen LogP contribution in [-0.4, -0.2) is 31.4 Å². The summed E-state index contributed by atoms with van der Waals surface area (Å²) < 4.78 is 26.2. The van der Waals surface area contributed by atoms with Gasteiger partial charge in [-0.2, -0.15) is 0 Å². The Kier molecular flexibility index (Phi) is 5.33. The van der Waals surface area contributed by atoms with E-state index in [1.165, 1.54) is 15.6 Å². The van der Waals surface area contributed by atoms with E-state index in [9.17, 15) is 13.5 Å². The molecule has 0 atom stereocenters.